The van der Waals surface area contributed by atoms with Crippen molar-refractivity contribution >= 4 is 0 Å². The third kappa shape index (κ3) is 2.28. The predicted molar refractivity (Wildman–Crippen MR) is 53.2 cm³/mol. The van der Waals surface area contributed by atoms with Crippen molar-refractivity contribution in [2.45, 2.75) is 26.7 Å². The van der Waals surface area contributed by atoms with Gasteiger partial charge in [0.15, 0.2) is 0 Å². The molecule has 1 rings (SSSR count). The molecule has 0 bridgehead atoms. The zero-order valence-electron chi connectivity index (χ0n) is 8.23. The molecule has 0 saturated carbocycles. The number of benzene rings is 1. The van der Waals surface area contributed by atoms with Crippen molar-refractivity contribution in [3.63, 3.8) is 0 Å². The molecule has 0 aliphatic carbocycles. The second-order valence-corrected chi connectivity index (χ2v) is 3.36. The highest BCUT2D eigenvalue weighted by atomic mass is 19.1. The van der Waals surface area contributed by atoms with Crippen LogP contribution < -0.4 is 5.73 Å². The fraction of sp³-hybridized carbons (Fsp3) is 0.455. The molecule has 0 spiro atoms. The Morgan fingerprint density at radius 1 is 1.31 bits per heavy atom. The van der Waals surface area contributed by atoms with Crippen LogP contribution in [0.1, 0.15) is 23.1 Å². The standard InChI is InChI=1S/C11H16FN/c1-8-5-6-11(12)10(9(8)2)4-3-7-13/h5-6H,3-4,7,13H2,1-2H3. The van der Waals surface area contributed by atoms with Crippen molar-refractivity contribution in [2.24, 2.45) is 5.73 Å². The van der Waals surface area contributed by atoms with Crippen molar-refractivity contribution in [1.29, 1.82) is 0 Å². The van der Waals surface area contributed by atoms with Gasteiger partial charge in [-0.25, -0.2) is 4.39 Å². The Kier molecular flexibility index (Phi) is 3.43. The first kappa shape index (κ1) is 10.2. The van der Waals surface area contributed by atoms with E-state index in [1.54, 1.807) is 0 Å². The van der Waals surface area contributed by atoms with Crippen LogP contribution in [0.3, 0.4) is 0 Å². The van der Waals surface area contributed by atoms with Crippen LogP contribution in [0.15, 0.2) is 12.1 Å². The minimum absolute atomic E-state index is 0.100. The van der Waals surface area contributed by atoms with Gasteiger partial charge in [0.05, 0.1) is 0 Å². The zero-order chi connectivity index (χ0) is 9.84. The quantitative estimate of drug-likeness (QED) is 0.761. The van der Waals surface area contributed by atoms with Gasteiger partial charge in [-0.15, -0.1) is 0 Å². The van der Waals surface area contributed by atoms with E-state index in [4.69, 9.17) is 5.73 Å². The summed E-state index contributed by atoms with van der Waals surface area (Å²) in [6.45, 7) is 4.58. The molecule has 0 aliphatic rings. The first-order valence-electron chi connectivity index (χ1n) is 4.61. The lowest BCUT2D eigenvalue weighted by Gasteiger charge is -2.08. The first-order chi connectivity index (χ1) is 6.16. The van der Waals surface area contributed by atoms with Crippen LogP contribution in [-0.2, 0) is 6.42 Å². The molecule has 0 aliphatic heterocycles. The highest BCUT2D eigenvalue weighted by Gasteiger charge is 2.06. The molecule has 2 N–H and O–H groups in total. The van der Waals surface area contributed by atoms with Gasteiger partial charge < -0.3 is 5.73 Å². The molecule has 0 unspecified atom stereocenters. The third-order valence-corrected chi connectivity index (χ3v) is 2.44. The maximum absolute atomic E-state index is 13.3. The maximum atomic E-state index is 13.3. The summed E-state index contributed by atoms with van der Waals surface area (Å²) in [6.07, 6.45) is 1.59. The molecule has 0 heterocycles. The molecule has 1 nitrogen and oxygen atoms in total. The van der Waals surface area contributed by atoms with Crippen LogP contribution in [0.2, 0.25) is 0 Å². The average Bonchev–Trinajstić information content (AvgIpc) is 2.12. The molecule has 0 atom stereocenters. The molecule has 13 heavy (non-hydrogen) atoms. The number of hydrogen-bond acceptors (Lipinski definition) is 1. The first-order valence-corrected chi connectivity index (χ1v) is 4.61. The van der Waals surface area contributed by atoms with E-state index in [0.717, 1.165) is 29.5 Å². The number of hydrogen-bond donors (Lipinski definition) is 1. The van der Waals surface area contributed by atoms with Gasteiger partial charge in [0.1, 0.15) is 5.82 Å². The minimum Gasteiger partial charge on any atom is -0.330 e. The Balaban J connectivity index is 2.96. The molecular formula is C11H16FN. The fourth-order valence-corrected chi connectivity index (χ4v) is 1.43. The summed E-state index contributed by atoms with van der Waals surface area (Å²) in [5, 5.41) is 0. The molecule has 0 fully saturated rings. The van der Waals surface area contributed by atoms with Crippen LogP contribution >= 0.6 is 0 Å². The second kappa shape index (κ2) is 4.38. The summed E-state index contributed by atoms with van der Waals surface area (Å²) in [4.78, 5) is 0. The van der Waals surface area contributed by atoms with E-state index >= 15 is 0 Å². The van der Waals surface area contributed by atoms with Gasteiger partial charge in [0.25, 0.3) is 0 Å². The lowest BCUT2D eigenvalue weighted by Crippen LogP contribution is -2.03. The van der Waals surface area contributed by atoms with Gasteiger partial charge in [-0.1, -0.05) is 6.07 Å². The Labute approximate surface area is 78.8 Å². The van der Waals surface area contributed by atoms with Crippen molar-refractivity contribution < 1.29 is 4.39 Å². The van der Waals surface area contributed by atoms with E-state index in [2.05, 4.69) is 0 Å². The number of rotatable bonds is 3. The van der Waals surface area contributed by atoms with Crippen LogP contribution in [0.25, 0.3) is 0 Å². The van der Waals surface area contributed by atoms with E-state index in [-0.39, 0.29) is 5.82 Å². The molecule has 0 aromatic heterocycles. The van der Waals surface area contributed by atoms with Crippen molar-refractivity contribution in [3.05, 3.63) is 34.6 Å². The second-order valence-electron chi connectivity index (χ2n) is 3.36. The van der Waals surface area contributed by atoms with Crippen molar-refractivity contribution in [3.8, 4) is 0 Å². The fourth-order valence-electron chi connectivity index (χ4n) is 1.43. The van der Waals surface area contributed by atoms with Crippen molar-refractivity contribution in [2.75, 3.05) is 6.54 Å². The topological polar surface area (TPSA) is 26.0 Å². The lowest BCUT2D eigenvalue weighted by atomic mass is 9.99. The van der Waals surface area contributed by atoms with E-state index in [1.807, 2.05) is 19.9 Å². The lowest BCUT2D eigenvalue weighted by molar-refractivity contribution is 0.602. The Bertz CT molecular complexity index is 294. The van der Waals surface area contributed by atoms with Crippen LogP contribution in [0.4, 0.5) is 4.39 Å². The van der Waals surface area contributed by atoms with E-state index in [0.29, 0.717) is 6.54 Å². The monoisotopic (exact) mass is 181 g/mol. The number of halogens is 1. The highest BCUT2D eigenvalue weighted by Crippen LogP contribution is 2.18. The normalized spacial score (nSPS) is 10.5. The summed E-state index contributed by atoms with van der Waals surface area (Å²) in [6, 6.07) is 3.35. The summed E-state index contributed by atoms with van der Waals surface area (Å²) >= 11 is 0. The molecule has 72 valence electrons. The van der Waals surface area contributed by atoms with Gasteiger partial charge in [-0.3, -0.25) is 0 Å². The summed E-state index contributed by atoms with van der Waals surface area (Å²) in [5.41, 5.74) is 8.43. The Morgan fingerprint density at radius 2 is 2.00 bits per heavy atom. The summed E-state index contributed by atoms with van der Waals surface area (Å²) in [5.74, 6) is -0.100. The largest absolute Gasteiger partial charge is 0.330 e. The highest BCUT2D eigenvalue weighted by molar-refractivity contribution is 5.34. The minimum atomic E-state index is -0.100. The van der Waals surface area contributed by atoms with Gasteiger partial charge in [-0.05, 0) is 56.0 Å². The smallest absolute Gasteiger partial charge is 0.126 e. The molecule has 1 aromatic rings. The summed E-state index contributed by atoms with van der Waals surface area (Å²) in [7, 11) is 0. The van der Waals surface area contributed by atoms with Gasteiger partial charge >= 0.3 is 0 Å². The molecule has 2 heteroatoms. The van der Waals surface area contributed by atoms with Crippen LogP contribution in [0.5, 0.6) is 0 Å². The molecule has 0 saturated heterocycles. The zero-order valence-corrected chi connectivity index (χ0v) is 8.23. The van der Waals surface area contributed by atoms with Crippen LogP contribution in [-0.4, -0.2) is 6.54 Å². The molecule has 1 aromatic carbocycles. The third-order valence-electron chi connectivity index (χ3n) is 2.44. The van der Waals surface area contributed by atoms with Crippen molar-refractivity contribution in [1.82, 2.24) is 0 Å². The number of nitrogens with two attached hydrogens (primary N) is 1. The number of aryl methyl sites for hydroxylation is 1. The summed E-state index contributed by atoms with van der Waals surface area (Å²) < 4.78 is 13.3. The van der Waals surface area contributed by atoms with Gasteiger partial charge in [0, 0.05) is 0 Å². The molecule has 0 amide bonds. The average molecular weight is 181 g/mol. The molecular weight excluding hydrogens is 165 g/mol. The van der Waals surface area contributed by atoms with Crippen LogP contribution in [0, 0.1) is 19.7 Å². The molecule has 0 radical (unpaired) electrons. The van der Waals surface area contributed by atoms with E-state index in [9.17, 15) is 4.39 Å². The predicted octanol–water partition coefficient (Wildman–Crippen LogP) is 2.33. The Morgan fingerprint density at radius 3 is 2.62 bits per heavy atom. The van der Waals surface area contributed by atoms with Gasteiger partial charge in [0.2, 0.25) is 0 Å². The SMILES string of the molecule is Cc1ccc(F)c(CCCN)c1C. The maximum Gasteiger partial charge on any atom is 0.126 e. The Hall–Kier alpha value is -0.890. The van der Waals surface area contributed by atoms with E-state index < -0.39 is 0 Å². The van der Waals surface area contributed by atoms with Gasteiger partial charge in [-0.2, -0.15) is 0 Å². The van der Waals surface area contributed by atoms with E-state index in [1.165, 1.54) is 6.07 Å².